The van der Waals surface area contributed by atoms with Crippen LogP contribution < -0.4 is 5.32 Å². The van der Waals surface area contributed by atoms with Crippen LogP contribution in [0.25, 0.3) is 0 Å². The quantitative estimate of drug-likeness (QED) is 0.802. The molecule has 1 atom stereocenters. The number of amides is 3. The second-order valence-electron chi connectivity index (χ2n) is 7.03. The third-order valence-electron chi connectivity index (χ3n) is 5.15. The van der Waals surface area contributed by atoms with Gasteiger partial charge in [0.2, 0.25) is 5.91 Å². The number of urea groups is 1. The summed E-state index contributed by atoms with van der Waals surface area (Å²) >= 11 is 0. The highest BCUT2D eigenvalue weighted by Crippen LogP contribution is 2.23. The monoisotopic (exact) mass is 383 g/mol. The van der Waals surface area contributed by atoms with Crippen molar-refractivity contribution in [3.63, 3.8) is 0 Å². The lowest BCUT2D eigenvalue weighted by Crippen LogP contribution is -2.40. The van der Waals surface area contributed by atoms with E-state index in [0.29, 0.717) is 0 Å². The molecule has 1 fully saturated rings. The number of rotatable bonds is 6. The zero-order chi connectivity index (χ0) is 19.9. The maximum absolute atomic E-state index is 14.0. The highest BCUT2D eigenvalue weighted by Gasteiger charge is 2.25. The fraction of sp³-hybridized carbons (Fsp3) is 0.364. The molecule has 1 unspecified atom stereocenters. The largest absolute Gasteiger partial charge is 0.343 e. The van der Waals surface area contributed by atoms with Crippen molar-refractivity contribution in [3.8, 4) is 0 Å². The topological polar surface area (TPSA) is 52.7 Å². The van der Waals surface area contributed by atoms with Gasteiger partial charge in [-0.05, 0) is 37.5 Å². The molecule has 1 aliphatic heterocycles. The van der Waals surface area contributed by atoms with Crippen LogP contribution in [0, 0.1) is 5.82 Å². The minimum Gasteiger partial charge on any atom is -0.343 e. The molecular formula is C22H26FN3O2. The number of carbonyl (C=O) groups excluding carboxylic acids is 2. The van der Waals surface area contributed by atoms with Crippen molar-refractivity contribution in [3.05, 3.63) is 66.0 Å². The van der Waals surface area contributed by atoms with Crippen molar-refractivity contribution in [2.24, 2.45) is 0 Å². The average molecular weight is 383 g/mol. The molecule has 1 heterocycles. The fourth-order valence-electron chi connectivity index (χ4n) is 3.47. The fourth-order valence-corrected chi connectivity index (χ4v) is 3.47. The Morgan fingerprint density at radius 2 is 1.71 bits per heavy atom. The summed E-state index contributed by atoms with van der Waals surface area (Å²) in [4.78, 5) is 28.8. The first-order valence-electron chi connectivity index (χ1n) is 9.71. The Bertz CT molecular complexity index is 806. The standard InChI is InChI=1S/C22H26FN3O2/c1-17(18-9-3-2-4-10-18)26(16-13-21(27)25-14-7-8-15-25)22(28)24-20-12-6-5-11-19(20)23/h2-6,9-12,17H,7-8,13-16H2,1H3,(H,24,28). The molecule has 0 aromatic heterocycles. The van der Waals surface area contributed by atoms with Crippen LogP contribution in [0.2, 0.25) is 0 Å². The molecule has 1 N–H and O–H groups in total. The molecule has 0 saturated carbocycles. The second-order valence-corrected chi connectivity index (χ2v) is 7.03. The lowest BCUT2D eigenvalue weighted by molar-refractivity contribution is -0.130. The van der Waals surface area contributed by atoms with Gasteiger partial charge in [-0.3, -0.25) is 4.79 Å². The molecule has 0 bridgehead atoms. The number of hydrogen-bond acceptors (Lipinski definition) is 2. The molecule has 148 valence electrons. The number of halogens is 1. The number of benzene rings is 2. The van der Waals surface area contributed by atoms with Crippen LogP contribution in [-0.4, -0.2) is 41.4 Å². The number of para-hydroxylation sites is 1. The van der Waals surface area contributed by atoms with Gasteiger partial charge in [-0.1, -0.05) is 42.5 Å². The summed E-state index contributed by atoms with van der Waals surface area (Å²) in [6.07, 6.45) is 2.31. The zero-order valence-electron chi connectivity index (χ0n) is 16.1. The lowest BCUT2D eigenvalue weighted by Gasteiger charge is -2.30. The first-order valence-corrected chi connectivity index (χ1v) is 9.71. The van der Waals surface area contributed by atoms with Crippen molar-refractivity contribution in [2.75, 3.05) is 25.0 Å². The van der Waals surface area contributed by atoms with Crippen molar-refractivity contribution >= 4 is 17.6 Å². The van der Waals surface area contributed by atoms with Gasteiger partial charge in [0.15, 0.2) is 0 Å². The predicted octanol–water partition coefficient (Wildman–Crippen LogP) is 4.43. The van der Waals surface area contributed by atoms with Crippen molar-refractivity contribution in [1.82, 2.24) is 9.80 Å². The molecule has 0 spiro atoms. The molecular weight excluding hydrogens is 357 g/mol. The molecule has 6 heteroatoms. The summed E-state index contributed by atoms with van der Waals surface area (Å²) in [5.74, 6) is -0.433. The number of carbonyl (C=O) groups is 2. The maximum atomic E-state index is 14.0. The van der Waals surface area contributed by atoms with E-state index >= 15 is 0 Å². The number of nitrogens with one attached hydrogen (secondary N) is 1. The third kappa shape index (κ3) is 4.88. The molecule has 0 aliphatic carbocycles. The van der Waals surface area contributed by atoms with E-state index < -0.39 is 11.8 Å². The van der Waals surface area contributed by atoms with E-state index in [-0.39, 0.29) is 30.6 Å². The van der Waals surface area contributed by atoms with Crippen molar-refractivity contribution in [2.45, 2.75) is 32.2 Å². The van der Waals surface area contributed by atoms with Crippen LogP contribution in [0.5, 0.6) is 0 Å². The Morgan fingerprint density at radius 3 is 2.39 bits per heavy atom. The molecule has 2 aromatic carbocycles. The van der Waals surface area contributed by atoms with E-state index in [1.807, 2.05) is 42.2 Å². The van der Waals surface area contributed by atoms with Crippen LogP contribution in [0.15, 0.2) is 54.6 Å². The minimum absolute atomic E-state index is 0.0569. The highest BCUT2D eigenvalue weighted by atomic mass is 19.1. The summed E-state index contributed by atoms with van der Waals surface area (Å²) in [6.45, 7) is 3.76. The Hall–Kier alpha value is -2.89. The second kappa shape index (κ2) is 9.35. The highest BCUT2D eigenvalue weighted by molar-refractivity contribution is 5.90. The van der Waals surface area contributed by atoms with Crippen molar-refractivity contribution in [1.29, 1.82) is 0 Å². The summed E-state index contributed by atoms with van der Waals surface area (Å²) in [6, 6.07) is 15.0. The zero-order valence-corrected chi connectivity index (χ0v) is 16.1. The minimum atomic E-state index is -0.490. The molecule has 3 amide bonds. The number of anilines is 1. The van der Waals surface area contributed by atoms with E-state index in [1.54, 1.807) is 17.0 Å². The number of hydrogen-bond donors (Lipinski definition) is 1. The van der Waals surface area contributed by atoms with Gasteiger partial charge in [-0.15, -0.1) is 0 Å². The van der Waals surface area contributed by atoms with E-state index in [9.17, 15) is 14.0 Å². The van der Waals surface area contributed by atoms with E-state index in [1.165, 1.54) is 12.1 Å². The SMILES string of the molecule is CC(c1ccccc1)N(CCC(=O)N1CCCC1)C(=O)Nc1ccccc1F. The normalized spacial score (nSPS) is 14.6. The van der Waals surface area contributed by atoms with E-state index in [4.69, 9.17) is 0 Å². The third-order valence-corrected chi connectivity index (χ3v) is 5.15. The summed E-state index contributed by atoms with van der Waals surface area (Å²) in [5.41, 5.74) is 1.09. The van der Waals surface area contributed by atoms with Gasteiger partial charge in [0.05, 0.1) is 11.7 Å². The Morgan fingerprint density at radius 1 is 1.07 bits per heavy atom. The molecule has 28 heavy (non-hydrogen) atoms. The predicted molar refractivity (Wildman–Crippen MR) is 107 cm³/mol. The smallest absolute Gasteiger partial charge is 0.322 e. The summed E-state index contributed by atoms with van der Waals surface area (Å²) in [7, 11) is 0. The van der Waals surface area contributed by atoms with Crippen LogP contribution in [0.3, 0.4) is 0 Å². The van der Waals surface area contributed by atoms with Gasteiger partial charge < -0.3 is 15.1 Å². The van der Waals surface area contributed by atoms with Gasteiger partial charge in [0.25, 0.3) is 0 Å². The summed E-state index contributed by atoms with van der Waals surface area (Å²) < 4.78 is 14.0. The summed E-state index contributed by atoms with van der Waals surface area (Å²) in [5, 5.41) is 2.64. The van der Waals surface area contributed by atoms with Gasteiger partial charge in [0.1, 0.15) is 5.82 Å². The Kier molecular flexibility index (Phi) is 6.63. The van der Waals surface area contributed by atoms with Crippen LogP contribution in [0.1, 0.15) is 37.8 Å². The van der Waals surface area contributed by atoms with Crippen molar-refractivity contribution < 1.29 is 14.0 Å². The Labute approximate surface area is 165 Å². The van der Waals surface area contributed by atoms with Gasteiger partial charge in [-0.2, -0.15) is 0 Å². The first kappa shape index (κ1) is 19.9. The molecule has 0 radical (unpaired) electrons. The molecule has 2 aromatic rings. The van der Waals surface area contributed by atoms with E-state index in [0.717, 1.165) is 31.5 Å². The van der Waals surface area contributed by atoms with Gasteiger partial charge >= 0.3 is 6.03 Å². The van der Waals surface area contributed by atoms with Crippen LogP contribution in [0.4, 0.5) is 14.9 Å². The van der Waals surface area contributed by atoms with E-state index in [2.05, 4.69) is 5.32 Å². The van der Waals surface area contributed by atoms with Gasteiger partial charge in [0, 0.05) is 26.1 Å². The number of likely N-dealkylation sites (tertiary alicyclic amines) is 1. The van der Waals surface area contributed by atoms with Gasteiger partial charge in [-0.25, -0.2) is 9.18 Å². The molecule has 1 saturated heterocycles. The number of nitrogens with zero attached hydrogens (tertiary/aromatic N) is 2. The first-order chi connectivity index (χ1) is 13.6. The molecule has 1 aliphatic rings. The average Bonchev–Trinajstić information content (AvgIpc) is 3.25. The van der Waals surface area contributed by atoms with Crippen LogP contribution in [-0.2, 0) is 4.79 Å². The lowest BCUT2D eigenvalue weighted by atomic mass is 10.1. The molecule has 5 nitrogen and oxygen atoms in total. The maximum Gasteiger partial charge on any atom is 0.322 e. The molecule has 3 rings (SSSR count). The Balaban J connectivity index is 1.74. The van der Waals surface area contributed by atoms with Crippen LogP contribution >= 0.6 is 0 Å².